The van der Waals surface area contributed by atoms with Gasteiger partial charge in [0.25, 0.3) is 0 Å². The molecule has 2 aliphatic heterocycles. The number of carbonyl (C=O) groups is 1. The van der Waals surface area contributed by atoms with Gasteiger partial charge in [0, 0.05) is 30.5 Å². The van der Waals surface area contributed by atoms with Crippen LogP contribution in [0, 0.1) is 12.3 Å². The standard InChI is InChI=1S/C21H27NO3/c1-5-15-8-6-9-16(12-15)21(24)13-17-10-7-11-18(14-21)22(17)19(23)25-20(2,3)4/h1,6,8-9,12,17-18,24H,7,10-11,13-14H2,2-4H3. The van der Waals surface area contributed by atoms with Gasteiger partial charge in [-0.2, -0.15) is 0 Å². The molecule has 4 heteroatoms. The number of rotatable bonds is 1. The molecular formula is C21H27NO3. The van der Waals surface area contributed by atoms with Crippen molar-refractivity contribution in [1.29, 1.82) is 0 Å². The predicted molar refractivity (Wildman–Crippen MR) is 97.0 cm³/mol. The summed E-state index contributed by atoms with van der Waals surface area (Å²) in [7, 11) is 0. The molecule has 2 atom stereocenters. The molecule has 0 aromatic heterocycles. The molecule has 1 aromatic carbocycles. The van der Waals surface area contributed by atoms with Gasteiger partial charge in [0.05, 0.1) is 5.60 Å². The minimum atomic E-state index is -0.943. The number of ether oxygens (including phenoxy) is 1. The van der Waals surface area contributed by atoms with E-state index in [2.05, 4.69) is 5.92 Å². The molecule has 0 radical (unpaired) electrons. The fourth-order valence-electron chi connectivity index (χ4n) is 4.18. The van der Waals surface area contributed by atoms with Crippen molar-refractivity contribution in [3.8, 4) is 12.3 Å². The lowest BCUT2D eigenvalue weighted by molar-refractivity contribution is -0.0965. The first-order chi connectivity index (χ1) is 11.7. The molecule has 1 aromatic rings. The largest absolute Gasteiger partial charge is 0.444 e. The monoisotopic (exact) mass is 341 g/mol. The fraction of sp³-hybridized carbons (Fsp3) is 0.571. The number of benzene rings is 1. The van der Waals surface area contributed by atoms with E-state index in [9.17, 15) is 9.90 Å². The van der Waals surface area contributed by atoms with Crippen LogP contribution in [0.5, 0.6) is 0 Å². The van der Waals surface area contributed by atoms with Gasteiger partial charge in [-0.15, -0.1) is 6.42 Å². The zero-order valence-corrected chi connectivity index (χ0v) is 15.3. The Labute approximate surface area is 150 Å². The second-order valence-corrected chi connectivity index (χ2v) is 8.29. The molecule has 2 heterocycles. The van der Waals surface area contributed by atoms with E-state index in [1.54, 1.807) is 0 Å². The van der Waals surface area contributed by atoms with Gasteiger partial charge in [-0.25, -0.2) is 4.79 Å². The lowest BCUT2D eigenvalue weighted by Crippen LogP contribution is -2.59. The van der Waals surface area contributed by atoms with Gasteiger partial charge in [0.1, 0.15) is 5.60 Å². The molecule has 1 N–H and O–H groups in total. The first-order valence-electron chi connectivity index (χ1n) is 9.03. The molecule has 0 saturated carbocycles. The third-order valence-corrected chi connectivity index (χ3v) is 5.18. The smallest absolute Gasteiger partial charge is 0.410 e. The first kappa shape index (κ1) is 17.8. The Morgan fingerprint density at radius 3 is 2.52 bits per heavy atom. The number of hydrogen-bond acceptors (Lipinski definition) is 3. The minimum Gasteiger partial charge on any atom is -0.444 e. The molecule has 1 amide bonds. The average Bonchev–Trinajstić information content (AvgIpc) is 2.52. The highest BCUT2D eigenvalue weighted by Gasteiger charge is 2.49. The number of amides is 1. The number of piperidine rings is 2. The van der Waals surface area contributed by atoms with Gasteiger partial charge >= 0.3 is 6.09 Å². The number of aliphatic hydroxyl groups is 1. The van der Waals surface area contributed by atoms with Crippen molar-refractivity contribution in [3.05, 3.63) is 35.4 Å². The zero-order valence-electron chi connectivity index (χ0n) is 15.3. The Balaban J connectivity index is 1.85. The minimum absolute atomic E-state index is 0.00171. The van der Waals surface area contributed by atoms with E-state index < -0.39 is 11.2 Å². The number of nitrogens with zero attached hydrogens (tertiary/aromatic N) is 1. The lowest BCUT2D eigenvalue weighted by atomic mass is 9.72. The summed E-state index contributed by atoms with van der Waals surface area (Å²) < 4.78 is 5.60. The Kier molecular flexibility index (Phi) is 4.55. The fourth-order valence-corrected chi connectivity index (χ4v) is 4.18. The third-order valence-electron chi connectivity index (χ3n) is 5.18. The molecule has 2 fully saturated rings. The maximum Gasteiger partial charge on any atom is 0.410 e. The topological polar surface area (TPSA) is 49.8 Å². The summed E-state index contributed by atoms with van der Waals surface area (Å²) in [6.07, 6.45) is 9.16. The highest BCUT2D eigenvalue weighted by Crippen LogP contribution is 2.44. The molecule has 4 nitrogen and oxygen atoms in total. The molecule has 134 valence electrons. The summed E-state index contributed by atoms with van der Waals surface area (Å²) >= 11 is 0. The van der Waals surface area contributed by atoms with Crippen molar-refractivity contribution in [2.45, 2.75) is 76.2 Å². The van der Waals surface area contributed by atoms with Gasteiger partial charge in [-0.1, -0.05) is 18.1 Å². The second kappa shape index (κ2) is 6.38. The Morgan fingerprint density at radius 1 is 1.32 bits per heavy atom. The zero-order chi connectivity index (χ0) is 18.2. The molecule has 2 saturated heterocycles. The SMILES string of the molecule is C#Cc1cccc(C2(O)CC3CCCC(C2)N3C(=O)OC(C)(C)C)c1. The highest BCUT2D eigenvalue weighted by atomic mass is 16.6. The Hall–Kier alpha value is -1.99. The molecule has 2 aliphatic rings. The summed E-state index contributed by atoms with van der Waals surface area (Å²) in [5.41, 5.74) is 0.163. The number of carbonyl (C=O) groups excluding carboxylic acids is 1. The van der Waals surface area contributed by atoms with Crippen molar-refractivity contribution in [3.63, 3.8) is 0 Å². The van der Waals surface area contributed by atoms with Crippen LogP contribution in [0.3, 0.4) is 0 Å². The quantitative estimate of drug-likeness (QED) is 0.790. The molecular weight excluding hydrogens is 314 g/mol. The van der Waals surface area contributed by atoms with Crippen molar-refractivity contribution in [2.75, 3.05) is 0 Å². The van der Waals surface area contributed by atoms with Gasteiger partial charge in [-0.3, -0.25) is 0 Å². The van der Waals surface area contributed by atoms with Crippen LogP contribution < -0.4 is 0 Å². The maximum absolute atomic E-state index is 12.7. The number of fused-ring (bicyclic) bond motifs is 2. The normalized spacial score (nSPS) is 29.0. The van der Waals surface area contributed by atoms with E-state index in [0.717, 1.165) is 30.4 Å². The summed E-state index contributed by atoms with van der Waals surface area (Å²) in [4.78, 5) is 14.5. The van der Waals surface area contributed by atoms with E-state index in [-0.39, 0.29) is 18.2 Å². The summed E-state index contributed by atoms with van der Waals surface area (Å²) in [5, 5.41) is 11.4. The molecule has 2 unspecified atom stereocenters. The van der Waals surface area contributed by atoms with Crippen LogP contribution in [-0.4, -0.2) is 33.8 Å². The van der Waals surface area contributed by atoms with E-state index >= 15 is 0 Å². The van der Waals surface area contributed by atoms with Gasteiger partial charge in [-0.05, 0) is 57.7 Å². The predicted octanol–water partition coefficient (Wildman–Crippen LogP) is 3.81. The van der Waals surface area contributed by atoms with Crippen LogP contribution in [0.2, 0.25) is 0 Å². The van der Waals surface area contributed by atoms with Gasteiger partial charge < -0.3 is 14.7 Å². The number of terminal acetylenes is 1. The van der Waals surface area contributed by atoms with Crippen LogP contribution in [-0.2, 0) is 10.3 Å². The van der Waals surface area contributed by atoms with E-state index in [4.69, 9.17) is 11.2 Å². The molecule has 0 spiro atoms. The van der Waals surface area contributed by atoms with Crippen molar-refractivity contribution < 1.29 is 14.6 Å². The van der Waals surface area contributed by atoms with E-state index in [0.29, 0.717) is 12.8 Å². The van der Waals surface area contributed by atoms with Crippen LogP contribution in [0.25, 0.3) is 0 Å². The van der Waals surface area contributed by atoms with Crippen LogP contribution in [0.1, 0.15) is 64.0 Å². The van der Waals surface area contributed by atoms with Crippen molar-refractivity contribution in [2.24, 2.45) is 0 Å². The molecule has 2 bridgehead atoms. The number of hydrogen-bond donors (Lipinski definition) is 1. The van der Waals surface area contributed by atoms with Crippen molar-refractivity contribution >= 4 is 6.09 Å². The highest BCUT2D eigenvalue weighted by molar-refractivity contribution is 5.69. The summed E-state index contributed by atoms with van der Waals surface area (Å²) in [5.74, 6) is 2.63. The van der Waals surface area contributed by atoms with Crippen molar-refractivity contribution in [1.82, 2.24) is 4.90 Å². The first-order valence-corrected chi connectivity index (χ1v) is 9.03. The molecule has 3 rings (SSSR count). The Morgan fingerprint density at radius 2 is 1.96 bits per heavy atom. The van der Waals surface area contributed by atoms with E-state index in [1.807, 2.05) is 49.9 Å². The van der Waals surface area contributed by atoms with Gasteiger partial charge in [0.2, 0.25) is 0 Å². The van der Waals surface area contributed by atoms with E-state index in [1.165, 1.54) is 0 Å². The average molecular weight is 341 g/mol. The third kappa shape index (κ3) is 3.67. The van der Waals surface area contributed by atoms with Gasteiger partial charge in [0.15, 0.2) is 0 Å². The summed E-state index contributed by atoms with van der Waals surface area (Å²) in [6.45, 7) is 5.64. The van der Waals surface area contributed by atoms with Crippen LogP contribution in [0.4, 0.5) is 4.79 Å². The molecule has 25 heavy (non-hydrogen) atoms. The maximum atomic E-state index is 12.7. The lowest BCUT2D eigenvalue weighted by Gasteiger charge is -2.51. The summed E-state index contributed by atoms with van der Waals surface area (Å²) in [6, 6.07) is 7.57. The Bertz CT molecular complexity index is 684. The second-order valence-electron chi connectivity index (χ2n) is 8.29. The van der Waals surface area contributed by atoms with Crippen LogP contribution >= 0.6 is 0 Å². The molecule has 0 aliphatic carbocycles. The van der Waals surface area contributed by atoms with Crippen LogP contribution in [0.15, 0.2) is 24.3 Å².